The lowest BCUT2D eigenvalue weighted by Crippen LogP contribution is -2.24. The summed E-state index contributed by atoms with van der Waals surface area (Å²) in [5.74, 6) is 1.52. The molecule has 0 fully saturated rings. The molecule has 0 saturated carbocycles. The van der Waals surface area contributed by atoms with Crippen LogP contribution >= 0.6 is 0 Å². The van der Waals surface area contributed by atoms with Crippen LogP contribution in [0, 0.1) is 6.92 Å². The maximum Gasteiger partial charge on any atom is 0.273 e. The zero-order chi connectivity index (χ0) is 14.5. The molecule has 1 N–H and O–H groups in total. The van der Waals surface area contributed by atoms with Crippen LogP contribution in [0.25, 0.3) is 11.5 Å². The quantitative estimate of drug-likeness (QED) is 0.910. The van der Waals surface area contributed by atoms with Crippen molar-refractivity contribution in [2.45, 2.75) is 20.3 Å². The van der Waals surface area contributed by atoms with Gasteiger partial charge in [0.2, 0.25) is 5.89 Å². The summed E-state index contributed by atoms with van der Waals surface area (Å²) in [5, 5.41) is 2.79. The van der Waals surface area contributed by atoms with Crippen LogP contribution in [0.5, 0.6) is 5.75 Å². The van der Waals surface area contributed by atoms with Gasteiger partial charge in [0.1, 0.15) is 11.5 Å². The van der Waals surface area contributed by atoms with E-state index in [4.69, 9.17) is 9.15 Å². The number of rotatable bonds is 5. The summed E-state index contributed by atoms with van der Waals surface area (Å²) in [5.41, 5.74) is 1.15. The van der Waals surface area contributed by atoms with E-state index in [1.54, 1.807) is 14.0 Å². The van der Waals surface area contributed by atoms with Crippen molar-refractivity contribution in [1.82, 2.24) is 10.3 Å². The summed E-state index contributed by atoms with van der Waals surface area (Å²) < 4.78 is 10.7. The van der Waals surface area contributed by atoms with E-state index in [9.17, 15) is 4.79 Å². The maximum absolute atomic E-state index is 11.9. The Kier molecular flexibility index (Phi) is 4.40. The SMILES string of the molecule is CCCNC(=O)c1nc(-c2ccc(OC)cc2)oc1C. The number of aromatic nitrogens is 1. The fourth-order valence-electron chi connectivity index (χ4n) is 1.79. The first-order valence-electron chi connectivity index (χ1n) is 6.55. The van der Waals surface area contributed by atoms with Crippen LogP contribution in [-0.4, -0.2) is 24.5 Å². The highest BCUT2D eigenvalue weighted by molar-refractivity contribution is 5.93. The van der Waals surface area contributed by atoms with E-state index in [-0.39, 0.29) is 5.91 Å². The second kappa shape index (κ2) is 6.23. The first-order chi connectivity index (χ1) is 9.65. The van der Waals surface area contributed by atoms with Gasteiger partial charge in [0.15, 0.2) is 5.69 Å². The number of carbonyl (C=O) groups excluding carboxylic acids is 1. The molecular weight excluding hydrogens is 256 g/mol. The molecule has 1 amide bonds. The number of aryl methyl sites for hydroxylation is 1. The van der Waals surface area contributed by atoms with Crippen molar-refractivity contribution in [3.05, 3.63) is 35.7 Å². The van der Waals surface area contributed by atoms with Crippen LogP contribution in [0.3, 0.4) is 0 Å². The van der Waals surface area contributed by atoms with Crippen LogP contribution in [0.2, 0.25) is 0 Å². The second-order valence-electron chi connectivity index (χ2n) is 4.41. The zero-order valence-electron chi connectivity index (χ0n) is 11.9. The fourth-order valence-corrected chi connectivity index (χ4v) is 1.79. The Labute approximate surface area is 118 Å². The summed E-state index contributed by atoms with van der Waals surface area (Å²) in [6.45, 7) is 4.36. The first kappa shape index (κ1) is 14.1. The Morgan fingerprint density at radius 2 is 2.05 bits per heavy atom. The number of oxazole rings is 1. The minimum Gasteiger partial charge on any atom is -0.497 e. The first-order valence-corrected chi connectivity index (χ1v) is 6.55. The molecule has 0 unspecified atom stereocenters. The standard InChI is InChI=1S/C15H18N2O3/c1-4-9-16-14(18)13-10(2)20-15(17-13)11-5-7-12(19-3)8-6-11/h5-8H,4,9H2,1-3H3,(H,16,18). The number of nitrogens with one attached hydrogen (secondary N) is 1. The van der Waals surface area contributed by atoms with Gasteiger partial charge < -0.3 is 14.5 Å². The summed E-state index contributed by atoms with van der Waals surface area (Å²) in [4.78, 5) is 16.2. The molecule has 2 aromatic rings. The molecule has 0 atom stereocenters. The van der Waals surface area contributed by atoms with Gasteiger partial charge in [0.25, 0.3) is 5.91 Å². The van der Waals surface area contributed by atoms with E-state index in [1.165, 1.54) is 0 Å². The number of benzene rings is 1. The molecule has 0 aliphatic heterocycles. The highest BCUT2D eigenvalue weighted by Gasteiger charge is 2.17. The van der Waals surface area contributed by atoms with Crippen LogP contribution in [-0.2, 0) is 0 Å². The summed E-state index contributed by atoms with van der Waals surface area (Å²) in [6, 6.07) is 7.34. The van der Waals surface area contributed by atoms with Gasteiger partial charge in [-0.25, -0.2) is 4.98 Å². The van der Waals surface area contributed by atoms with E-state index in [1.807, 2.05) is 31.2 Å². The molecule has 0 bridgehead atoms. The molecule has 0 saturated heterocycles. The van der Waals surface area contributed by atoms with Gasteiger partial charge in [-0.1, -0.05) is 6.92 Å². The molecule has 0 spiro atoms. The molecule has 106 valence electrons. The molecule has 0 radical (unpaired) electrons. The average molecular weight is 274 g/mol. The predicted molar refractivity (Wildman–Crippen MR) is 75.9 cm³/mol. The van der Waals surface area contributed by atoms with Crippen molar-refractivity contribution in [3.8, 4) is 17.2 Å². The topological polar surface area (TPSA) is 64.4 Å². The van der Waals surface area contributed by atoms with Crippen LogP contribution < -0.4 is 10.1 Å². The fraction of sp³-hybridized carbons (Fsp3) is 0.333. The van der Waals surface area contributed by atoms with E-state index in [0.29, 0.717) is 23.9 Å². The smallest absolute Gasteiger partial charge is 0.273 e. The van der Waals surface area contributed by atoms with E-state index >= 15 is 0 Å². The largest absolute Gasteiger partial charge is 0.497 e. The molecule has 1 heterocycles. The maximum atomic E-state index is 11.9. The zero-order valence-corrected chi connectivity index (χ0v) is 11.9. The molecule has 0 aliphatic rings. The average Bonchev–Trinajstić information content (AvgIpc) is 2.87. The number of nitrogens with zero attached hydrogens (tertiary/aromatic N) is 1. The number of amides is 1. The predicted octanol–water partition coefficient (Wildman–Crippen LogP) is 2.80. The van der Waals surface area contributed by atoms with Crippen LogP contribution in [0.4, 0.5) is 0 Å². The van der Waals surface area contributed by atoms with E-state index in [2.05, 4.69) is 10.3 Å². The Morgan fingerprint density at radius 1 is 1.35 bits per heavy atom. The second-order valence-corrected chi connectivity index (χ2v) is 4.41. The van der Waals surface area contributed by atoms with Crippen LogP contribution in [0.1, 0.15) is 29.6 Å². The van der Waals surface area contributed by atoms with Gasteiger partial charge in [-0.15, -0.1) is 0 Å². The summed E-state index contributed by atoms with van der Waals surface area (Å²) in [7, 11) is 1.61. The lowest BCUT2D eigenvalue weighted by atomic mass is 10.2. The Hall–Kier alpha value is -2.30. The Morgan fingerprint density at radius 3 is 2.65 bits per heavy atom. The third kappa shape index (κ3) is 2.99. The van der Waals surface area contributed by atoms with E-state index in [0.717, 1.165) is 17.7 Å². The van der Waals surface area contributed by atoms with Crippen molar-refractivity contribution in [2.24, 2.45) is 0 Å². The lowest BCUT2D eigenvalue weighted by molar-refractivity contribution is 0.0948. The molecule has 0 aliphatic carbocycles. The van der Waals surface area contributed by atoms with Crippen molar-refractivity contribution in [2.75, 3.05) is 13.7 Å². The third-order valence-electron chi connectivity index (χ3n) is 2.88. The molecular formula is C15H18N2O3. The van der Waals surface area contributed by atoms with E-state index < -0.39 is 0 Å². The molecule has 20 heavy (non-hydrogen) atoms. The molecule has 5 heteroatoms. The minimum absolute atomic E-state index is 0.201. The number of methoxy groups -OCH3 is 1. The van der Waals surface area contributed by atoms with Gasteiger partial charge in [0, 0.05) is 12.1 Å². The Balaban J connectivity index is 2.23. The summed E-state index contributed by atoms with van der Waals surface area (Å²) in [6.07, 6.45) is 0.883. The van der Waals surface area contributed by atoms with Gasteiger partial charge >= 0.3 is 0 Å². The number of ether oxygens (including phenoxy) is 1. The molecule has 1 aromatic carbocycles. The van der Waals surface area contributed by atoms with Gasteiger partial charge in [-0.3, -0.25) is 4.79 Å². The van der Waals surface area contributed by atoms with Gasteiger partial charge in [0.05, 0.1) is 7.11 Å². The monoisotopic (exact) mass is 274 g/mol. The van der Waals surface area contributed by atoms with Gasteiger partial charge in [-0.05, 0) is 37.6 Å². The molecule has 2 rings (SSSR count). The highest BCUT2D eigenvalue weighted by atomic mass is 16.5. The Bertz CT molecular complexity index is 588. The van der Waals surface area contributed by atoms with Crippen LogP contribution in [0.15, 0.2) is 28.7 Å². The number of hydrogen-bond acceptors (Lipinski definition) is 4. The van der Waals surface area contributed by atoms with Gasteiger partial charge in [-0.2, -0.15) is 0 Å². The lowest BCUT2D eigenvalue weighted by Gasteiger charge is -2.00. The third-order valence-corrected chi connectivity index (χ3v) is 2.88. The normalized spacial score (nSPS) is 10.3. The van der Waals surface area contributed by atoms with Crippen molar-refractivity contribution < 1.29 is 13.9 Å². The number of hydrogen-bond donors (Lipinski definition) is 1. The van der Waals surface area contributed by atoms with Crippen molar-refractivity contribution >= 4 is 5.91 Å². The molecule has 5 nitrogen and oxygen atoms in total. The minimum atomic E-state index is -0.201. The summed E-state index contributed by atoms with van der Waals surface area (Å²) >= 11 is 0. The number of carbonyl (C=O) groups is 1. The molecule has 1 aromatic heterocycles. The van der Waals surface area contributed by atoms with Crippen molar-refractivity contribution in [1.29, 1.82) is 0 Å². The van der Waals surface area contributed by atoms with Crippen molar-refractivity contribution in [3.63, 3.8) is 0 Å². The highest BCUT2D eigenvalue weighted by Crippen LogP contribution is 2.23.